The van der Waals surface area contributed by atoms with Crippen LogP contribution in [0, 0.1) is 0 Å². The van der Waals surface area contributed by atoms with Crippen molar-refractivity contribution in [1.29, 1.82) is 0 Å². The van der Waals surface area contributed by atoms with Gasteiger partial charge in [-0.05, 0) is 42.3 Å². The molecule has 0 bridgehead atoms. The van der Waals surface area contributed by atoms with E-state index in [0.29, 0.717) is 0 Å². The van der Waals surface area contributed by atoms with Crippen LogP contribution in [0.4, 0.5) is 0 Å². The lowest BCUT2D eigenvalue weighted by atomic mass is 10.2. The van der Waals surface area contributed by atoms with Gasteiger partial charge < -0.3 is 10.2 Å². The number of hydrogen-bond acceptors (Lipinski definition) is 3. The average molecular weight is 248 g/mol. The summed E-state index contributed by atoms with van der Waals surface area (Å²) in [6.45, 7) is 2.13. The van der Waals surface area contributed by atoms with Gasteiger partial charge >= 0.3 is 0 Å². The van der Waals surface area contributed by atoms with Gasteiger partial charge in [0.25, 0.3) is 0 Å². The van der Waals surface area contributed by atoms with Crippen molar-refractivity contribution >= 4 is 12.6 Å². The van der Waals surface area contributed by atoms with E-state index in [9.17, 15) is 0 Å². The molecule has 2 aromatic rings. The van der Waals surface area contributed by atoms with Gasteiger partial charge in [-0.3, -0.25) is 0 Å². The number of aryl methyl sites for hydroxylation is 1. The van der Waals surface area contributed by atoms with E-state index in [1.54, 1.807) is 0 Å². The van der Waals surface area contributed by atoms with E-state index in [2.05, 4.69) is 25.6 Å². The molecule has 0 fully saturated rings. The van der Waals surface area contributed by atoms with Gasteiger partial charge in [0, 0.05) is 4.90 Å². The van der Waals surface area contributed by atoms with Crippen LogP contribution < -0.4 is 0 Å². The molecule has 0 atom stereocenters. The zero-order valence-corrected chi connectivity index (χ0v) is 10.6. The molecule has 0 heterocycles. The van der Waals surface area contributed by atoms with Crippen LogP contribution in [0.2, 0.25) is 0 Å². The Bertz CT molecular complexity index is 431. The van der Waals surface area contributed by atoms with Crippen molar-refractivity contribution in [2.75, 3.05) is 0 Å². The molecule has 0 unspecified atom stereocenters. The van der Waals surface area contributed by atoms with E-state index >= 15 is 0 Å². The third-order valence-corrected chi connectivity index (χ3v) is 2.66. The van der Waals surface area contributed by atoms with Gasteiger partial charge in [0.05, 0.1) is 0 Å². The molecule has 3 heteroatoms. The minimum atomic E-state index is 0.169. The summed E-state index contributed by atoms with van der Waals surface area (Å²) in [5.74, 6) is 0.339. The molecule has 2 nitrogen and oxygen atoms in total. The Kier molecular flexibility index (Phi) is 5.43. The lowest BCUT2D eigenvalue weighted by Gasteiger charge is -1.97. The van der Waals surface area contributed by atoms with Crippen LogP contribution in [-0.4, -0.2) is 10.2 Å². The molecule has 0 aliphatic heterocycles. The molecule has 2 rings (SSSR count). The molecule has 0 aliphatic carbocycles. The van der Waals surface area contributed by atoms with E-state index in [-0.39, 0.29) is 11.5 Å². The highest BCUT2D eigenvalue weighted by atomic mass is 32.1. The van der Waals surface area contributed by atoms with Gasteiger partial charge in [-0.1, -0.05) is 25.1 Å². The lowest BCUT2D eigenvalue weighted by Crippen LogP contribution is -1.79. The third-order valence-electron chi connectivity index (χ3n) is 2.22. The molecule has 0 amide bonds. The Morgan fingerprint density at radius 1 is 0.882 bits per heavy atom. The van der Waals surface area contributed by atoms with Crippen molar-refractivity contribution in [1.82, 2.24) is 0 Å². The number of aromatic hydroxyl groups is 2. The number of phenols is 2. The fraction of sp³-hybridized carbons (Fsp3) is 0.143. The highest BCUT2D eigenvalue weighted by molar-refractivity contribution is 7.80. The van der Waals surface area contributed by atoms with Crippen molar-refractivity contribution in [3.8, 4) is 11.5 Å². The highest BCUT2D eigenvalue weighted by Gasteiger charge is 1.90. The highest BCUT2D eigenvalue weighted by Crippen LogP contribution is 2.13. The van der Waals surface area contributed by atoms with Crippen molar-refractivity contribution in [2.24, 2.45) is 0 Å². The van der Waals surface area contributed by atoms with Crippen LogP contribution in [0.25, 0.3) is 0 Å². The lowest BCUT2D eigenvalue weighted by molar-refractivity contribution is 0.460. The van der Waals surface area contributed by atoms with Crippen LogP contribution in [0.15, 0.2) is 53.4 Å². The van der Waals surface area contributed by atoms with Crippen LogP contribution in [0.3, 0.4) is 0 Å². The molecular formula is C14H16O2S. The molecule has 0 saturated heterocycles. The molecule has 0 radical (unpaired) electrons. The second kappa shape index (κ2) is 6.86. The fourth-order valence-corrected chi connectivity index (χ4v) is 1.58. The van der Waals surface area contributed by atoms with Crippen LogP contribution in [-0.2, 0) is 6.42 Å². The maximum atomic E-state index is 8.65. The van der Waals surface area contributed by atoms with Crippen molar-refractivity contribution in [3.63, 3.8) is 0 Å². The third kappa shape index (κ3) is 4.83. The summed E-state index contributed by atoms with van der Waals surface area (Å²) in [4.78, 5) is 1.10. The SMILES string of the molecule is CCc1ccccc1S.Oc1ccc(O)cc1. The Labute approximate surface area is 107 Å². The fourth-order valence-electron chi connectivity index (χ4n) is 1.26. The first-order valence-corrected chi connectivity index (χ1v) is 5.83. The monoisotopic (exact) mass is 248 g/mol. The Hall–Kier alpha value is -1.61. The molecule has 17 heavy (non-hydrogen) atoms. The topological polar surface area (TPSA) is 40.5 Å². The summed E-state index contributed by atoms with van der Waals surface area (Å²) < 4.78 is 0. The minimum absolute atomic E-state index is 0.169. The first-order valence-electron chi connectivity index (χ1n) is 5.38. The number of phenolic OH excluding ortho intramolecular Hbond substituents is 2. The van der Waals surface area contributed by atoms with Crippen molar-refractivity contribution in [2.45, 2.75) is 18.2 Å². The number of rotatable bonds is 1. The van der Waals surface area contributed by atoms with Gasteiger partial charge in [0.15, 0.2) is 0 Å². The molecule has 0 spiro atoms. The maximum absolute atomic E-state index is 8.65. The number of hydrogen-bond donors (Lipinski definition) is 3. The van der Waals surface area contributed by atoms with E-state index < -0.39 is 0 Å². The summed E-state index contributed by atoms with van der Waals surface area (Å²) in [5.41, 5.74) is 1.32. The summed E-state index contributed by atoms with van der Waals surface area (Å²) in [7, 11) is 0. The maximum Gasteiger partial charge on any atom is 0.115 e. The Morgan fingerprint density at radius 2 is 1.35 bits per heavy atom. The summed E-state index contributed by atoms with van der Waals surface area (Å²) in [6, 6.07) is 13.9. The molecular weight excluding hydrogens is 232 g/mol. The smallest absolute Gasteiger partial charge is 0.115 e. The van der Waals surface area contributed by atoms with Crippen molar-refractivity contribution < 1.29 is 10.2 Å². The van der Waals surface area contributed by atoms with Crippen LogP contribution >= 0.6 is 12.6 Å². The van der Waals surface area contributed by atoms with Gasteiger partial charge in [-0.25, -0.2) is 0 Å². The number of benzene rings is 2. The van der Waals surface area contributed by atoms with E-state index in [4.69, 9.17) is 10.2 Å². The van der Waals surface area contributed by atoms with E-state index in [1.165, 1.54) is 29.8 Å². The molecule has 0 aromatic heterocycles. The van der Waals surface area contributed by atoms with Crippen molar-refractivity contribution in [3.05, 3.63) is 54.1 Å². The molecule has 2 aromatic carbocycles. The normalized spacial score (nSPS) is 9.29. The largest absolute Gasteiger partial charge is 0.508 e. The van der Waals surface area contributed by atoms with Gasteiger partial charge in [0.1, 0.15) is 11.5 Å². The Balaban J connectivity index is 0.000000171. The standard InChI is InChI=1S/C8H10S.C6H6O2/c1-2-7-5-3-4-6-8(7)9;7-5-1-2-6(8)4-3-5/h3-6,9H,2H2,1H3;1-4,7-8H. The second-order valence-corrected chi connectivity index (χ2v) is 3.98. The zero-order valence-electron chi connectivity index (χ0n) is 9.67. The minimum Gasteiger partial charge on any atom is -0.508 e. The van der Waals surface area contributed by atoms with E-state index in [0.717, 1.165) is 11.3 Å². The van der Waals surface area contributed by atoms with Gasteiger partial charge in [-0.2, -0.15) is 0 Å². The second-order valence-electron chi connectivity index (χ2n) is 3.50. The molecule has 90 valence electrons. The van der Waals surface area contributed by atoms with Gasteiger partial charge in [0.2, 0.25) is 0 Å². The quantitative estimate of drug-likeness (QED) is 0.532. The van der Waals surface area contributed by atoms with Crippen LogP contribution in [0.5, 0.6) is 11.5 Å². The summed E-state index contributed by atoms with van der Waals surface area (Å²) in [5, 5.41) is 17.3. The molecule has 0 saturated carbocycles. The summed E-state index contributed by atoms with van der Waals surface area (Å²) >= 11 is 4.28. The summed E-state index contributed by atoms with van der Waals surface area (Å²) in [6.07, 6.45) is 1.07. The average Bonchev–Trinajstić information content (AvgIpc) is 2.34. The predicted octanol–water partition coefficient (Wildman–Crippen LogP) is 3.64. The van der Waals surface area contributed by atoms with Gasteiger partial charge in [-0.15, -0.1) is 12.6 Å². The number of thiol groups is 1. The van der Waals surface area contributed by atoms with E-state index in [1.807, 2.05) is 18.2 Å². The molecule has 0 aliphatic rings. The van der Waals surface area contributed by atoms with Crippen LogP contribution in [0.1, 0.15) is 12.5 Å². The zero-order chi connectivity index (χ0) is 12.7. The molecule has 2 N–H and O–H groups in total. The Morgan fingerprint density at radius 3 is 1.71 bits per heavy atom. The first-order chi connectivity index (χ1) is 8.13. The predicted molar refractivity (Wildman–Crippen MR) is 72.8 cm³/mol. The first kappa shape index (κ1) is 13.5.